The molecule has 1 N–H and O–H groups in total. The van der Waals surface area contributed by atoms with Crippen LogP contribution in [0.4, 0.5) is 0 Å². The van der Waals surface area contributed by atoms with Gasteiger partial charge in [-0.25, -0.2) is 13.1 Å². The molecule has 16 heavy (non-hydrogen) atoms. The van der Waals surface area contributed by atoms with Crippen molar-refractivity contribution in [1.82, 2.24) is 4.72 Å². The Labute approximate surface area is 111 Å². The van der Waals surface area contributed by atoms with Gasteiger partial charge in [-0.3, -0.25) is 4.79 Å². The highest BCUT2D eigenvalue weighted by molar-refractivity contribution is 14.1. The standard InChI is InChI=1S/C9H18INO4S/c1-9(2,3)6-16(13,14)11-5-7(10)8(12)15-4/h7,11H,5-6H2,1-4H3. The second kappa shape index (κ2) is 6.15. The Morgan fingerprint density at radius 2 is 1.94 bits per heavy atom. The normalized spacial score (nSPS) is 14.6. The van der Waals surface area contributed by atoms with Crippen molar-refractivity contribution >= 4 is 38.6 Å². The molecule has 0 aromatic rings. The van der Waals surface area contributed by atoms with Gasteiger partial charge in [-0.15, -0.1) is 0 Å². The first-order valence-electron chi connectivity index (χ1n) is 4.76. The number of methoxy groups -OCH3 is 1. The fourth-order valence-electron chi connectivity index (χ4n) is 1.03. The number of ether oxygens (including phenoxy) is 1. The van der Waals surface area contributed by atoms with E-state index in [0.717, 1.165) is 0 Å². The van der Waals surface area contributed by atoms with Crippen LogP contribution in [-0.2, 0) is 19.6 Å². The van der Waals surface area contributed by atoms with Crippen molar-refractivity contribution in [3.8, 4) is 0 Å². The van der Waals surface area contributed by atoms with Crippen molar-refractivity contribution in [2.45, 2.75) is 24.7 Å². The highest BCUT2D eigenvalue weighted by Gasteiger charge is 2.23. The average Bonchev–Trinajstić information content (AvgIpc) is 2.09. The molecule has 0 saturated heterocycles. The van der Waals surface area contributed by atoms with Gasteiger partial charge >= 0.3 is 5.97 Å². The predicted molar refractivity (Wildman–Crippen MR) is 71.1 cm³/mol. The molecule has 0 aliphatic carbocycles. The van der Waals surface area contributed by atoms with Gasteiger partial charge in [0, 0.05) is 6.54 Å². The summed E-state index contributed by atoms with van der Waals surface area (Å²) < 4.78 is 29.6. The highest BCUT2D eigenvalue weighted by atomic mass is 127. The molecule has 0 rings (SSSR count). The maximum atomic E-state index is 11.6. The Balaban J connectivity index is 4.25. The van der Waals surface area contributed by atoms with Crippen LogP contribution in [0, 0.1) is 5.41 Å². The van der Waals surface area contributed by atoms with Gasteiger partial charge in [0.05, 0.1) is 12.9 Å². The van der Waals surface area contributed by atoms with Gasteiger partial charge in [0.25, 0.3) is 0 Å². The number of halogens is 1. The van der Waals surface area contributed by atoms with Gasteiger partial charge < -0.3 is 4.74 Å². The van der Waals surface area contributed by atoms with Crippen molar-refractivity contribution in [3.05, 3.63) is 0 Å². The molecule has 0 aliphatic rings. The number of hydrogen-bond donors (Lipinski definition) is 1. The molecule has 5 nitrogen and oxygen atoms in total. The maximum absolute atomic E-state index is 11.6. The lowest BCUT2D eigenvalue weighted by Crippen LogP contribution is -2.38. The van der Waals surface area contributed by atoms with Crippen LogP contribution in [0.15, 0.2) is 0 Å². The van der Waals surface area contributed by atoms with E-state index in [1.54, 1.807) is 0 Å². The zero-order valence-electron chi connectivity index (χ0n) is 9.91. The Kier molecular flexibility index (Phi) is 6.20. The summed E-state index contributed by atoms with van der Waals surface area (Å²) >= 11 is 1.84. The topological polar surface area (TPSA) is 72.5 Å². The Bertz CT molecular complexity index is 334. The molecule has 1 atom stereocenters. The molecule has 7 heteroatoms. The third-order valence-corrected chi connectivity index (χ3v) is 4.36. The molecular formula is C9H18INO4S. The van der Waals surface area contributed by atoms with Crippen LogP contribution in [0.2, 0.25) is 0 Å². The van der Waals surface area contributed by atoms with Crippen LogP contribution in [0.5, 0.6) is 0 Å². The molecule has 0 aliphatic heterocycles. The quantitative estimate of drug-likeness (QED) is 0.448. The number of sulfonamides is 1. The molecule has 0 aromatic carbocycles. The lowest BCUT2D eigenvalue weighted by atomic mass is 10.0. The fourth-order valence-corrected chi connectivity index (χ4v) is 3.47. The molecule has 0 fully saturated rings. The summed E-state index contributed by atoms with van der Waals surface area (Å²) in [5, 5.41) is 0. The van der Waals surface area contributed by atoms with E-state index in [0.29, 0.717) is 0 Å². The minimum atomic E-state index is -3.34. The van der Waals surface area contributed by atoms with Crippen molar-refractivity contribution in [3.63, 3.8) is 0 Å². The average molecular weight is 363 g/mol. The third kappa shape index (κ3) is 7.39. The summed E-state index contributed by atoms with van der Waals surface area (Å²) in [6.45, 7) is 5.59. The summed E-state index contributed by atoms with van der Waals surface area (Å²) in [7, 11) is -2.06. The van der Waals surface area contributed by atoms with Crippen LogP contribution in [0.1, 0.15) is 20.8 Å². The number of esters is 1. The van der Waals surface area contributed by atoms with E-state index < -0.39 is 19.9 Å². The first-order chi connectivity index (χ1) is 7.07. The van der Waals surface area contributed by atoms with Crippen molar-refractivity contribution in [1.29, 1.82) is 0 Å². The molecule has 0 aromatic heterocycles. The molecule has 1 unspecified atom stereocenters. The van der Waals surface area contributed by atoms with E-state index in [1.807, 2.05) is 43.4 Å². The van der Waals surface area contributed by atoms with E-state index in [-0.39, 0.29) is 17.7 Å². The Morgan fingerprint density at radius 3 is 2.31 bits per heavy atom. The molecule has 0 amide bonds. The lowest BCUT2D eigenvalue weighted by molar-refractivity contribution is -0.139. The monoisotopic (exact) mass is 363 g/mol. The number of carbonyl (C=O) groups excluding carboxylic acids is 1. The van der Waals surface area contributed by atoms with Gasteiger partial charge in [-0.1, -0.05) is 43.4 Å². The summed E-state index contributed by atoms with van der Waals surface area (Å²) in [6, 6.07) is 0. The van der Waals surface area contributed by atoms with Crippen molar-refractivity contribution in [2.24, 2.45) is 5.41 Å². The zero-order valence-corrected chi connectivity index (χ0v) is 12.9. The smallest absolute Gasteiger partial charge is 0.319 e. The molecule has 96 valence electrons. The van der Waals surface area contributed by atoms with Gasteiger partial charge in [-0.2, -0.15) is 0 Å². The SMILES string of the molecule is COC(=O)C(I)CNS(=O)(=O)CC(C)(C)C. The van der Waals surface area contributed by atoms with E-state index >= 15 is 0 Å². The van der Waals surface area contributed by atoms with Crippen LogP contribution in [0.3, 0.4) is 0 Å². The van der Waals surface area contributed by atoms with Gasteiger partial charge in [-0.05, 0) is 5.41 Å². The second-order valence-electron chi connectivity index (χ2n) is 4.66. The van der Waals surface area contributed by atoms with Gasteiger partial charge in [0.1, 0.15) is 3.92 Å². The van der Waals surface area contributed by atoms with Crippen LogP contribution >= 0.6 is 22.6 Å². The van der Waals surface area contributed by atoms with Crippen molar-refractivity contribution < 1.29 is 17.9 Å². The predicted octanol–water partition coefficient (Wildman–Crippen LogP) is 0.928. The van der Waals surface area contributed by atoms with E-state index in [9.17, 15) is 13.2 Å². The Morgan fingerprint density at radius 1 is 1.44 bits per heavy atom. The second-order valence-corrected chi connectivity index (χ2v) is 7.97. The highest BCUT2D eigenvalue weighted by Crippen LogP contribution is 2.15. The maximum Gasteiger partial charge on any atom is 0.319 e. The summed E-state index contributed by atoms with van der Waals surface area (Å²) in [5.41, 5.74) is -0.308. The van der Waals surface area contributed by atoms with Crippen LogP contribution < -0.4 is 4.72 Å². The first-order valence-corrected chi connectivity index (χ1v) is 7.66. The molecule has 0 radical (unpaired) electrons. The molecule has 0 spiro atoms. The summed E-state index contributed by atoms with van der Waals surface area (Å²) in [5.74, 6) is -0.399. The number of alkyl halides is 1. The van der Waals surface area contributed by atoms with E-state index in [4.69, 9.17) is 0 Å². The number of hydrogen-bond acceptors (Lipinski definition) is 4. The summed E-state index contributed by atoms with van der Waals surface area (Å²) in [4.78, 5) is 11.0. The third-order valence-electron chi connectivity index (χ3n) is 1.56. The Hall–Kier alpha value is 0.110. The fraction of sp³-hybridized carbons (Fsp3) is 0.889. The minimum Gasteiger partial charge on any atom is -0.468 e. The molecular weight excluding hydrogens is 345 g/mol. The number of nitrogens with one attached hydrogen (secondary N) is 1. The van der Waals surface area contributed by atoms with Crippen LogP contribution in [-0.4, -0.2) is 37.7 Å². The minimum absolute atomic E-state index is 0.0323. The van der Waals surface area contributed by atoms with Gasteiger partial charge in [0.15, 0.2) is 0 Å². The van der Waals surface area contributed by atoms with Gasteiger partial charge in [0.2, 0.25) is 10.0 Å². The molecule has 0 bridgehead atoms. The number of carbonyl (C=O) groups is 1. The van der Waals surface area contributed by atoms with Crippen molar-refractivity contribution in [2.75, 3.05) is 19.4 Å². The first kappa shape index (κ1) is 16.1. The summed E-state index contributed by atoms with van der Waals surface area (Å²) in [6.07, 6.45) is 0. The number of rotatable bonds is 5. The van der Waals surface area contributed by atoms with Crippen LogP contribution in [0.25, 0.3) is 0 Å². The largest absolute Gasteiger partial charge is 0.468 e. The molecule has 0 saturated carbocycles. The zero-order chi connectivity index (χ0) is 13.0. The molecule has 0 heterocycles. The van der Waals surface area contributed by atoms with E-state index in [2.05, 4.69) is 9.46 Å². The van der Waals surface area contributed by atoms with E-state index in [1.165, 1.54) is 7.11 Å². The lowest BCUT2D eigenvalue weighted by Gasteiger charge is -2.18.